The van der Waals surface area contributed by atoms with Gasteiger partial charge in [-0.15, -0.1) is 0 Å². The van der Waals surface area contributed by atoms with Crippen LogP contribution in [0.1, 0.15) is 0 Å². The molecule has 19 heavy (non-hydrogen) atoms. The summed E-state index contributed by atoms with van der Waals surface area (Å²) in [5, 5.41) is 4.57. The molecule has 0 N–H and O–H groups in total. The molecule has 3 nitrogen and oxygen atoms in total. The van der Waals surface area contributed by atoms with Gasteiger partial charge in [-0.3, -0.25) is 0 Å². The number of halogens is 2. The van der Waals surface area contributed by atoms with E-state index in [9.17, 15) is 0 Å². The lowest BCUT2D eigenvalue weighted by Crippen LogP contribution is -1.82. The van der Waals surface area contributed by atoms with Crippen LogP contribution in [0.15, 0.2) is 57.5 Å². The monoisotopic (exact) mass is 334 g/mol. The van der Waals surface area contributed by atoms with Gasteiger partial charge in [0.15, 0.2) is 0 Å². The second kappa shape index (κ2) is 5.15. The highest BCUT2D eigenvalue weighted by Crippen LogP contribution is 2.28. The van der Waals surface area contributed by atoms with E-state index < -0.39 is 0 Å². The van der Waals surface area contributed by atoms with Gasteiger partial charge < -0.3 is 4.52 Å². The molecule has 0 spiro atoms. The molecule has 0 saturated carbocycles. The largest absolute Gasteiger partial charge is 0.334 e. The van der Waals surface area contributed by atoms with Gasteiger partial charge in [-0.2, -0.15) is 4.98 Å². The van der Waals surface area contributed by atoms with Crippen molar-refractivity contribution in [3.63, 3.8) is 0 Å². The van der Waals surface area contributed by atoms with Crippen LogP contribution in [0, 0.1) is 0 Å². The lowest BCUT2D eigenvalue weighted by Gasteiger charge is -1.96. The van der Waals surface area contributed by atoms with Crippen molar-refractivity contribution in [2.24, 2.45) is 0 Å². The van der Waals surface area contributed by atoms with Crippen LogP contribution in [-0.4, -0.2) is 10.1 Å². The highest BCUT2D eigenvalue weighted by Gasteiger charge is 2.12. The van der Waals surface area contributed by atoms with E-state index in [2.05, 4.69) is 26.1 Å². The number of aromatic nitrogens is 2. The van der Waals surface area contributed by atoms with Crippen molar-refractivity contribution >= 4 is 27.5 Å². The minimum absolute atomic E-state index is 0.469. The molecule has 1 aromatic heterocycles. The summed E-state index contributed by atoms with van der Waals surface area (Å²) < 4.78 is 6.24. The average Bonchev–Trinajstić information content (AvgIpc) is 2.89. The first-order chi connectivity index (χ1) is 9.24. The summed E-state index contributed by atoms with van der Waals surface area (Å²) in [6.45, 7) is 0. The number of rotatable bonds is 2. The molecule has 0 bridgehead atoms. The predicted molar refractivity (Wildman–Crippen MR) is 77.9 cm³/mol. The molecule has 1 heterocycles. The predicted octanol–water partition coefficient (Wildman–Crippen LogP) is 4.82. The summed E-state index contributed by atoms with van der Waals surface area (Å²) in [6.07, 6.45) is 0. The number of benzene rings is 2. The zero-order chi connectivity index (χ0) is 13.2. The summed E-state index contributed by atoms with van der Waals surface area (Å²) >= 11 is 9.52. The first kappa shape index (κ1) is 12.4. The Bertz CT molecular complexity index is 727. The van der Waals surface area contributed by atoms with E-state index in [1.165, 1.54) is 0 Å². The molecule has 0 amide bonds. The lowest BCUT2D eigenvalue weighted by atomic mass is 10.2. The minimum Gasteiger partial charge on any atom is -0.334 e. The molecule has 3 aromatic rings. The topological polar surface area (TPSA) is 38.9 Å². The van der Waals surface area contributed by atoms with Gasteiger partial charge in [0.05, 0.1) is 5.02 Å². The Balaban J connectivity index is 2.03. The van der Waals surface area contributed by atoms with Gasteiger partial charge in [-0.25, -0.2) is 0 Å². The normalized spacial score (nSPS) is 10.6. The maximum atomic E-state index is 6.11. The zero-order valence-electron chi connectivity index (χ0n) is 9.68. The van der Waals surface area contributed by atoms with Crippen molar-refractivity contribution in [3.8, 4) is 22.8 Å². The standard InChI is InChI=1S/C14H8BrClN2O/c15-10-5-3-4-9(8-10)14-17-13(18-19-14)11-6-1-2-7-12(11)16/h1-8H. The highest BCUT2D eigenvalue weighted by molar-refractivity contribution is 9.10. The Kier molecular flexibility index (Phi) is 3.36. The Morgan fingerprint density at radius 2 is 1.89 bits per heavy atom. The molecule has 0 saturated heterocycles. The van der Waals surface area contributed by atoms with Gasteiger partial charge in [0, 0.05) is 15.6 Å². The van der Waals surface area contributed by atoms with Gasteiger partial charge >= 0.3 is 0 Å². The van der Waals surface area contributed by atoms with E-state index in [4.69, 9.17) is 16.1 Å². The van der Waals surface area contributed by atoms with E-state index in [0.717, 1.165) is 15.6 Å². The van der Waals surface area contributed by atoms with Crippen molar-refractivity contribution in [1.29, 1.82) is 0 Å². The van der Waals surface area contributed by atoms with Gasteiger partial charge in [-0.1, -0.05) is 50.9 Å². The molecule has 0 unspecified atom stereocenters. The third kappa shape index (κ3) is 2.55. The summed E-state index contributed by atoms with van der Waals surface area (Å²) in [5.74, 6) is 0.955. The van der Waals surface area contributed by atoms with Crippen LogP contribution in [0.25, 0.3) is 22.8 Å². The van der Waals surface area contributed by atoms with Gasteiger partial charge in [-0.05, 0) is 30.3 Å². The SMILES string of the molecule is Clc1ccccc1-c1noc(-c2cccc(Br)c2)n1. The third-order valence-electron chi connectivity index (χ3n) is 2.61. The Morgan fingerprint density at radius 3 is 2.68 bits per heavy atom. The highest BCUT2D eigenvalue weighted by atomic mass is 79.9. The fourth-order valence-electron chi connectivity index (χ4n) is 1.71. The molecule has 3 rings (SSSR count). The van der Waals surface area contributed by atoms with Crippen molar-refractivity contribution in [3.05, 3.63) is 58.0 Å². The van der Waals surface area contributed by atoms with E-state index in [0.29, 0.717) is 16.7 Å². The molecule has 0 radical (unpaired) electrons. The van der Waals surface area contributed by atoms with E-state index in [1.807, 2.05) is 42.5 Å². The number of hydrogen-bond acceptors (Lipinski definition) is 3. The second-order valence-electron chi connectivity index (χ2n) is 3.91. The molecule has 94 valence electrons. The Labute approximate surface area is 123 Å². The van der Waals surface area contributed by atoms with Crippen molar-refractivity contribution in [2.75, 3.05) is 0 Å². The summed E-state index contributed by atoms with van der Waals surface area (Å²) in [6, 6.07) is 15.1. The number of nitrogens with zero attached hydrogens (tertiary/aromatic N) is 2. The first-order valence-corrected chi connectivity index (χ1v) is 6.76. The van der Waals surface area contributed by atoms with E-state index >= 15 is 0 Å². The minimum atomic E-state index is 0.469. The fraction of sp³-hybridized carbons (Fsp3) is 0. The van der Waals surface area contributed by atoms with Crippen molar-refractivity contribution in [1.82, 2.24) is 10.1 Å². The molecule has 0 aliphatic carbocycles. The van der Waals surface area contributed by atoms with Crippen LogP contribution in [0.3, 0.4) is 0 Å². The van der Waals surface area contributed by atoms with Crippen LogP contribution >= 0.6 is 27.5 Å². The van der Waals surface area contributed by atoms with Gasteiger partial charge in [0.25, 0.3) is 5.89 Å². The second-order valence-corrected chi connectivity index (χ2v) is 5.24. The summed E-state index contributed by atoms with van der Waals surface area (Å²) in [7, 11) is 0. The zero-order valence-corrected chi connectivity index (χ0v) is 12.0. The van der Waals surface area contributed by atoms with Crippen LogP contribution in [0.5, 0.6) is 0 Å². The molecule has 2 aromatic carbocycles. The van der Waals surface area contributed by atoms with Gasteiger partial charge in [0.2, 0.25) is 5.82 Å². The van der Waals surface area contributed by atoms with Crippen LogP contribution in [0.4, 0.5) is 0 Å². The van der Waals surface area contributed by atoms with Crippen LogP contribution < -0.4 is 0 Å². The molecule has 0 fully saturated rings. The quantitative estimate of drug-likeness (QED) is 0.674. The van der Waals surface area contributed by atoms with Crippen molar-refractivity contribution < 1.29 is 4.52 Å². The van der Waals surface area contributed by atoms with Crippen molar-refractivity contribution in [2.45, 2.75) is 0 Å². The van der Waals surface area contributed by atoms with Gasteiger partial charge in [0.1, 0.15) is 0 Å². The molecular weight excluding hydrogens is 328 g/mol. The van der Waals surface area contributed by atoms with Crippen LogP contribution in [0.2, 0.25) is 5.02 Å². The smallest absolute Gasteiger partial charge is 0.258 e. The Morgan fingerprint density at radius 1 is 1.05 bits per heavy atom. The Hall–Kier alpha value is -1.65. The first-order valence-electron chi connectivity index (χ1n) is 5.58. The van der Waals surface area contributed by atoms with E-state index in [-0.39, 0.29) is 0 Å². The molecule has 0 atom stereocenters. The lowest BCUT2D eigenvalue weighted by molar-refractivity contribution is 0.432. The fourth-order valence-corrected chi connectivity index (χ4v) is 2.33. The van der Waals surface area contributed by atoms with Crippen LogP contribution in [-0.2, 0) is 0 Å². The molecule has 0 aliphatic rings. The average molecular weight is 336 g/mol. The third-order valence-corrected chi connectivity index (χ3v) is 3.44. The summed E-state index contributed by atoms with van der Waals surface area (Å²) in [4.78, 5) is 4.37. The number of hydrogen-bond donors (Lipinski definition) is 0. The molecular formula is C14H8BrClN2O. The summed E-state index contributed by atoms with van der Waals surface area (Å²) in [5.41, 5.74) is 1.62. The maximum absolute atomic E-state index is 6.11. The molecule has 5 heteroatoms. The molecule has 0 aliphatic heterocycles. The maximum Gasteiger partial charge on any atom is 0.258 e. The van der Waals surface area contributed by atoms with E-state index in [1.54, 1.807) is 6.07 Å².